The zero-order chi connectivity index (χ0) is 16.1. The van der Waals surface area contributed by atoms with Gasteiger partial charge in [0.1, 0.15) is 0 Å². The molecule has 2 aliphatic rings. The summed E-state index contributed by atoms with van der Waals surface area (Å²) in [4.78, 5) is 17.1. The lowest BCUT2D eigenvalue weighted by atomic mass is 10.0. The molecule has 3 heterocycles. The quantitative estimate of drug-likeness (QED) is 0.781. The number of carbonyl (C=O) groups is 1. The standard InChI is InChI=1S/C16H25N3O3S/c20-14(11-22-12-15-2-1-9-23-15)10-18-6-3-13(4-7-18)19-8-5-17-16(19)21/h1-2,9,13-14,20H,3-8,10-12H2,(H,17,21)/t14-/m0/s1. The summed E-state index contributed by atoms with van der Waals surface area (Å²) >= 11 is 1.67. The maximum Gasteiger partial charge on any atom is 0.317 e. The zero-order valence-corrected chi connectivity index (χ0v) is 14.1. The number of nitrogens with one attached hydrogen (secondary N) is 1. The fourth-order valence-corrected chi connectivity index (χ4v) is 3.93. The first-order valence-electron chi connectivity index (χ1n) is 8.27. The van der Waals surface area contributed by atoms with Crippen molar-refractivity contribution in [1.82, 2.24) is 15.1 Å². The molecule has 0 aliphatic carbocycles. The Labute approximate surface area is 141 Å². The van der Waals surface area contributed by atoms with Gasteiger partial charge in [-0.05, 0) is 24.3 Å². The number of hydrogen-bond donors (Lipinski definition) is 2. The number of urea groups is 1. The van der Waals surface area contributed by atoms with Crippen LogP contribution >= 0.6 is 11.3 Å². The fraction of sp³-hybridized carbons (Fsp3) is 0.688. The van der Waals surface area contributed by atoms with Gasteiger partial charge in [0.25, 0.3) is 0 Å². The highest BCUT2D eigenvalue weighted by atomic mass is 32.1. The zero-order valence-electron chi connectivity index (χ0n) is 13.3. The van der Waals surface area contributed by atoms with Crippen molar-refractivity contribution in [3.63, 3.8) is 0 Å². The van der Waals surface area contributed by atoms with Crippen LogP contribution in [0.3, 0.4) is 0 Å². The van der Waals surface area contributed by atoms with E-state index in [1.807, 2.05) is 22.4 Å². The Morgan fingerprint density at radius 1 is 1.39 bits per heavy atom. The van der Waals surface area contributed by atoms with E-state index < -0.39 is 6.10 Å². The van der Waals surface area contributed by atoms with Crippen molar-refractivity contribution in [2.45, 2.75) is 31.6 Å². The van der Waals surface area contributed by atoms with E-state index in [1.54, 1.807) is 11.3 Å². The SMILES string of the molecule is O=C1NCCN1C1CCN(C[C@H](O)COCc2cccs2)CC1. The maximum atomic E-state index is 11.7. The third-order valence-electron chi connectivity index (χ3n) is 4.49. The Bertz CT molecular complexity index is 489. The Hall–Kier alpha value is -1.15. The molecule has 2 saturated heterocycles. The summed E-state index contributed by atoms with van der Waals surface area (Å²) in [7, 11) is 0. The lowest BCUT2D eigenvalue weighted by Crippen LogP contribution is -2.48. The molecule has 6 nitrogen and oxygen atoms in total. The fourth-order valence-electron chi connectivity index (χ4n) is 3.29. The van der Waals surface area contributed by atoms with Gasteiger partial charge in [-0.25, -0.2) is 4.79 Å². The minimum atomic E-state index is -0.457. The van der Waals surface area contributed by atoms with Crippen LogP contribution in [-0.2, 0) is 11.3 Å². The molecule has 2 N–H and O–H groups in total. The van der Waals surface area contributed by atoms with Crippen LogP contribution in [0.4, 0.5) is 4.79 Å². The highest BCUT2D eigenvalue weighted by Gasteiger charge is 2.30. The normalized spacial score (nSPS) is 21.6. The van der Waals surface area contributed by atoms with Gasteiger partial charge in [0.05, 0.1) is 19.3 Å². The molecule has 1 aromatic rings. The van der Waals surface area contributed by atoms with Crippen LogP contribution in [0.2, 0.25) is 0 Å². The largest absolute Gasteiger partial charge is 0.389 e. The van der Waals surface area contributed by atoms with Gasteiger partial charge in [0, 0.05) is 43.6 Å². The van der Waals surface area contributed by atoms with Crippen LogP contribution in [0, 0.1) is 0 Å². The summed E-state index contributed by atoms with van der Waals surface area (Å²) in [5.74, 6) is 0. The highest BCUT2D eigenvalue weighted by Crippen LogP contribution is 2.18. The highest BCUT2D eigenvalue weighted by molar-refractivity contribution is 7.09. The molecular formula is C16H25N3O3S. The summed E-state index contributed by atoms with van der Waals surface area (Å²) in [6, 6.07) is 4.47. The molecule has 0 spiro atoms. The number of β-amino-alcohol motifs (C(OH)–C–C–N with tert-alkyl or cyclic N) is 1. The molecule has 3 rings (SSSR count). The van der Waals surface area contributed by atoms with Crippen molar-refractivity contribution in [3.05, 3.63) is 22.4 Å². The number of nitrogens with zero attached hydrogens (tertiary/aromatic N) is 2. The molecule has 2 aliphatic heterocycles. The van der Waals surface area contributed by atoms with Gasteiger partial charge in [-0.15, -0.1) is 11.3 Å². The van der Waals surface area contributed by atoms with Gasteiger partial charge in [-0.3, -0.25) is 0 Å². The van der Waals surface area contributed by atoms with Crippen molar-refractivity contribution in [2.24, 2.45) is 0 Å². The topological polar surface area (TPSA) is 65.0 Å². The third kappa shape index (κ3) is 4.67. The average Bonchev–Trinajstić information content (AvgIpc) is 3.20. The van der Waals surface area contributed by atoms with Gasteiger partial charge < -0.3 is 25.0 Å². The number of aliphatic hydroxyl groups excluding tert-OH is 1. The molecule has 2 amide bonds. The number of rotatable bonds is 7. The van der Waals surface area contributed by atoms with E-state index >= 15 is 0 Å². The summed E-state index contributed by atoms with van der Waals surface area (Å²) in [6.07, 6.45) is 1.51. The average molecular weight is 339 g/mol. The van der Waals surface area contributed by atoms with Gasteiger partial charge in [0.15, 0.2) is 0 Å². The number of aliphatic hydroxyl groups is 1. The van der Waals surface area contributed by atoms with Gasteiger partial charge in [-0.1, -0.05) is 6.07 Å². The number of thiophene rings is 1. The Balaban J connectivity index is 1.32. The first-order valence-corrected chi connectivity index (χ1v) is 9.15. The molecule has 0 saturated carbocycles. The summed E-state index contributed by atoms with van der Waals surface area (Å²) in [5, 5.41) is 15.0. The van der Waals surface area contributed by atoms with E-state index in [2.05, 4.69) is 10.2 Å². The van der Waals surface area contributed by atoms with Crippen molar-refractivity contribution in [2.75, 3.05) is 39.3 Å². The van der Waals surface area contributed by atoms with Crippen LogP contribution in [0.5, 0.6) is 0 Å². The molecule has 0 aromatic carbocycles. The second-order valence-electron chi connectivity index (χ2n) is 6.21. The van der Waals surface area contributed by atoms with E-state index in [-0.39, 0.29) is 6.03 Å². The van der Waals surface area contributed by atoms with Gasteiger partial charge in [-0.2, -0.15) is 0 Å². The monoisotopic (exact) mass is 339 g/mol. The van der Waals surface area contributed by atoms with E-state index in [4.69, 9.17) is 4.74 Å². The lowest BCUT2D eigenvalue weighted by Gasteiger charge is -2.36. The van der Waals surface area contributed by atoms with Crippen LogP contribution in [0.15, 0.2) is 17.5 Å². The van der Waals surface area contributed by atoms with Crippen molar-refractivity contribution >= 4 is 17.4 Å². The van der Waals surface area contributed by atoms with Crippen LogP contribution in [-0.4, -0.2) is 72.4 Å². The second kappa shape index (κ2) is 8.10. The number of likely N-dealkylation sites (tertiary alicyclic amines) is 1. The van der Waals surface area contributed by atoms with E-state index in [0.717, 1.165) is 39.0 Å². The summed E-state index contributed by atoms with van der Waals surface area (Å²) in [5.41, 5.74) is 0. The minimum absolute atomic E-state index is 0.0745. The summed E-state index contributed by atoms with van der Waals surface area (Å²) in [6.45, 7) is 5.02. The smallest absolute Gasteiger partial charge is 0.317 e. The number of amides is 2. The molecule has 0 unspecified atom stereocenters. The van der Waals surface area contributed by atoms with Gasteiger partial charge in [0.2, 0.25) is 0 Å². The van der Waals surface area contributed by atoms with Crippen LogP contribution in [0.1, 0.15) is 17.7 Å². The Morgan fingerprint density at radius 2 is 2.22 bits per heavy atom. The molecule has 128 valence electrons. The third-order valence-corrected chi connectivity index (χ3v) is 5.34. The van der Waals surface area contributed by atoms with E-state index in [1.165, 1.54) is 4.88 Å². The second-order valence-corrected chi connectivity index (χ2v) is 7.24. The first kappa shape index (κ1) is 16.7. The van der Waals surface area contributed by atoms with Crippen molar-refractivity contribution in [3.8, 4) is 0 Å². The summed E-state index contributed by atoms with van der Waals surface area (Å²) < 4.78 is 5.57. The predicted octanol–water partition coefficient (Wildman–Crippen LogP) is 1.12. The van der Waals surface area contributed by atoms with Crippen molar-refractivity contribution < 1.29 is 14.6 Å². The molecule has 0 bridgehead atoms. The molecule has 0 radical (unpaired) electrons. The maximum absolute atomic E-state index is 11.7. The number of ether oxygens (including phenoxy) is 1. The predicted molar refractivity (Wildman–Crippen MR) is 89.5 cm³/mol. The lowest BCUT2D eigenvalue weighted by molar-refractivity contribution is 0.00413. The number of piperidine rings is 1. The molecular weight excluding hydrogens is 314 g/mol. The van der Waals surface area contributed by atoms with E-state index in [9.17, 15) is 9.90 Å². The van der Waals surface area contributed by atoms with Crippen LogP contribution in [0.25, 0.3) is 0 Å². The van der Waals surface area contributed by atoms with Gasteiger partial charge >= 0.3 is 6.03 Å². The number of carbonyl (C=O) groups excluding carboxylic acids is 1. The Morgan fingerprint density at radius 3 is 2.87 bits per heavy atom. The van der Waals surface area contributed by atoms with Crippen molar-refractivity contribution in [1.29, 1.82) is 0 Å². The molecule has 23 heavy (non-hydrogen) atoms. The Kier molecular flexibility index (Phi) is 5.88. The molecule has 7 heteroatoms. The van der Waals surface area contributed by atoms with Crippen LogP contribution < -0.4 is 5.32 Å². The van der Waals surface area contributed by atoms with E-state index in [0.29, 0.717) is 25.8 Å². The first-order chi connectivity index (χ1) is 11.2. The molecule has 2 fully saturated rings. The minimum Gasteiger partial charge on any atom is -0.389 e. The molecule has 1 aromatic heterocycles. The molecule has 1 atom stereocenters. The number of hydrogen-bond acceptors (Lipinski definition) is 5.